The quantitative estimate of drug-likeness (QED) is 0.603. The van der Waals surface area contributed by atoms with Gasteiger partial charge in [0.15, 0.2) is 6.10 Å². The zero-order valence-electron chi connectivity index (χ0n) is 11.6. The Morgan fingerprint density at radius 2 is 1.95 bits per heavy atom. The summed E-state index contributed by atoms with van der Waals surface area (Å²) in [5.74, 6) is 0.673. The van der Waals surface area contributed by atoms with E-state index in [9.17, 15) is 8.42 Å². The number of hydrogen-bond acceptors (Lipinski definition) is 5. The first-order chi connectivity index (χ1) is 10.0. The van der Waals surface area contributed by atoms with Gasteiger partial charge in [0.05, 0.1) is 12.9 Å². The molecule has 5 nitrogen and oxygen atoms in total. The molecule has 6 heteroatoms. The summed E-state index contributed by atoms with van der Waals surface area (Å²) in [4.78, 5) is 0. The Morgan fingerprint density at radius 1 is 1.24 bits per heavy atom. The minimum Gasteiger partial charge on any atom is -0.485 e. The molecule has 0 N–H and O–H groups in total. The summed E-state index contributed by atoms with van der Waals surface area (Å²) in [6.45, 7) is 0.516. The van der Waals surface area contributed by atoms with Gasteiger partial charge in [0.25, 0.3) is 10.1 Å². The lowest BCUT2D eigenvalue weighted by molar-refractivity contribution is 0.104. The fourth-order valence-corrected chi connectivity index (χ4v) is 2.47. The molecule has 3 rings (SSSR count). The van der Waals surface area contributed by atoms with Crippen LogP contribution in [0.4, 0.5) is 0 Å². The summed E-state index contributed by atoms with van der Waals surface area (Å²) in [6, 6.07) is 13.7. The summed E-state index contributed by atoms with van der Waals surface area (Å²) in [6.07, 6.45) is 0.479. The van der Waals surface area contributed by atoms with E-state index in [-0.39, 0.29) is 12.7 Å². The second-order valence-electron chi connectivity index (χ2n) is 5.03. The van der Waals surface area contributed by atoms with Gasteiger partial charge in [-0.15, -0.1) is 0 Å². The number of fused-ring (bicyclic) bond motifs is 1. The highest BCUT2D eigenvalue weighted by Gasteiger charge is 2.35. The SMILES string of the molecule is CS(=O)(=O)OC[C@@H](Oc1ccc2ccccc2c1)[C@@H]1CO1. The van der Waals surface area contributed by atoms with Crippen molar-refractivity contribution < 1.29 is 22.1 Å². The predicted molar refractivity (Wildman–Crippen MR) is 78.9 cm³/mol. The van der Waals surface area contributed by atoms with Gasteiger partial charge in [-0.3, -0.25) is 4.18 Å². The summed E-state index contributed by atoms with van der Waals surface area (Å²) >= 11 is 0. The van der Waals surface area contributed by atoms with Crippen LogP contribution in [0.1, 0.15) is 0 Å². The summed E-state index contributed by atoms with van der Waals surface area (Å²) in [7, 11) is -3.49. The van der Waals surface area contributed by atoms with Crippen molar-refractivity contribution in [1.82, 2.24) is 0 Å². The van der Waals surface area contributed by atoms with Crippen molar-refractivity contribution in [3.05, 3.63) is 42.5 Å². The molecule has 2 atom stereocenters. The number of epoxide rings is 1. The molecule has 0 amide bonds. The lowest BCUT2D eigenvalue weighted by atomic mass is 10.1. The van der Waals surface area contributed by atoms with E-state index in [1.54, 1.807) is 0 Å². The molecule has 0 aromatic heterocycles. The minimum absolute atomic E-state index is 0.0453. The van der Waals surface area contributed by atoms with E-state index in [0.717, 1.165) is 17.0 Å². The van der Waals surface area contributed by atoms with E-state index in [2.05, 4.69) is 0 Å². The van der Waals surface area contributed by atoms with Gasteiger partial charge in [0.1, 0.15) is 18.5 Å². The maximum Gasteiger partial charge on any atom is 0.264 e. The van der Waals surface area contributed by atoms with Gasteiger partial charge in [-0.25, -0.2) is 0 Å². The lowest BCUT2D eigenvalue weighted by Gasteiger charge is -2.17. The molecule has 1 saturated heterocycles. The van der Waals surface area contributed by atoms with Crippen molar-refractivity contribution in [2.75, 3.05) is 19.5 Å². The standard InChI is InChI=1S/C15H16O5S/c1-21(16,17)19-10-15(14-9-18-14)20-13-7-6-11-4-2-3-5-12(11)8-13/h2-8,14-15H,9-10H2,1H3/t14-,15+/m0/s1. The first-order valence-corrected chi connectivity index (χ1v) is 8.44. The summed E-state index contributed by atoms with van der Waals surface area (Å²) < 4.78 is 38.0. The van der Waals surface area contributed by atoms with E-state index in [0.29, 0.717) is 12.4 Å². The first kappa shape index (κ1) is 14.3. The van der Waals surface area contributed by atoms with E-state index >= 15 is 0 Å². The Labute approximate surface area is 123 Å². The molecule has 1 aliphatic rings. The van der Waals surface area contributed by atoms with Crippen LogP contribution in [0.25, 0.3) is 10.8 Å². The maximum absolute atomic E-state index is 11.1. The van der Waals surface area contributed by atoms with Crippen molar-refractivity contribution in [3.63, 3.8) is 0 Å². The number of hydrogen-bond donors (Lipinski definition) is 0. The molecule has 0 unspecified atom stereocenters. The fourth-order valence-electron chi connectivity index (χ4n) is 2.09. The van der Waals surface area contributed by atoms with Crippen molar-refractivity contribution >= 4 is 20.9 Å². The number of ether oxygens (including phenoxy) is 2. The molecular weight excluding hydrogens is 292 g/mol. The van der Waals surface area contributed by atoms with Crippen LogP contribution < -0.4 is 4.74 Å². The van der Waals surface area contributed by atoms with Gasteiger partial charge >= 0.3 is 0 Å². The van der Waals surface area contributed by atoms with Crippen LogP contribution in [0, 0.1) is 0 Å². The van der Waals surface area contributed by atoms with Gasteiger partial charge in [-0.1, -0.05) is 30.3 Å². The number of benzene rings is 2. The molecule has 0 aliphatic carbocycles. The monoisotopic (exact) mass is 308 g/mol. The summed E-state index contributed by atoms with van der Waals surface area (Å²) in [5, 5.41) is 2.19. The third kappa shape index (κ3) is 3.93. The van der Waals surface area contributed by atoms with Crippen molar-refractivity contribution in [2.45, 2.75) is 12.2 Å². The Hall–Kier alpha value is -1.63. The third-order valence-corrected chi connectivity index (χ3v) is 3.79. The Morgan fingerprint density at radius 3 is 2.62 bits per heavy atom. The van der Waals surface area contributed by atoms with E-state index < -0.39 is 16.2 Å². The number of rotatable bonds is 6. The smallest absolute Gasteiger partial charge is 0.264 e. The Kier molecular flexibility index (Phi) is 3.84. The van der Waals surface area contributed by atoms with Crippen LogP contribution in [-0.2, 0) is 19.0 Å². The average Bonchev–Trinajstić information content (AvgIpc) is 3.27. The second-order valence-corrected chi connectivity index (χ2v) is 6.67. The third-order valence-electron chi connectivity index (χ3n) is 3.23. The van der Waals surface area contributed by atoms with Gasteiger partial charge in [-0.2, -0.15) is 8.42 Å². The fraction of sp³-hybridized carbons (Fsp3) is 0.333. The van der Waals surface area contributed by atoms with Crippen LogP contribution in [-0.4, -0.2) is 40.1 Å². The van der Waals surface area contributed by atoms with Crippen molar-refractivity contribution in [2.24, 2.45) is 0 Å². The largest absolute Gasteiger partial charge is 0.485 e. The van der Waals surface area contributed by atoms with Gasteiger partial charge in [0.2, 0.25) is 0 Å². The highest BCUT2D eigenvalue weighted by molar-refractivity contribution is 7.85. The Balaban J connectivity index is 1.74. The normalized spacial score (nSPS) is 19.4. The van der Waals surface area contributed by atoms with E-state index in [4.69, 9.17) is 13.7 Å². The van der Waals surface area contributed by atoms with Crippen molar-refractivity contribution in [1.29, 1.82) is 0 Å². The highest BCUT2D eigenvalue weighted by atomic mass is 32.2. The molecule has 0 saturated carbocycles. The maximum atomic E-state index is 11.1. The summed E-state index contributed by atoms with van der Waals surface area (Å²) in [5.41, 5.74) is 0. The van der Waals surface area contributed by atoms with Crippen LogP contribution in [0.5, 0.6) is 5.75 Å². The minimum atomic E-state index is -3.49. The molecule has 2 aromatic carbocycles. The first-order valence-electron chi connectivity index (χ1n) is 6.63. The van der Waals surface area contributed by atoms with Crippen LogP contribution in [0.15, 0.2) is 42.5 Å². The topological polar surface area (TPSA) is 65.1 Å². The molecule has 2 aromatic rings. The van der Waals surface area contributed by atoms with Crippen LogP contribution in [0.3, 0.4) is 0 Å². The second kappa shape index (κ2) is 5.63. The van der Waals surface area contributed by atoms with Gasteiger partial charge in [-0.05, 0) is 22.9 Å². The average molecular weight is 308 g/mol. The lowest BCUT2D eigenvalue weighted by Crippen LogP contribution is -2.30. The van der Waals surface area contributed by atoms with E-state index in [1.807, 2.05) is 42.5 Å². The molecule has 1 aliphatic heterocycles. The molecule has 1 heterocycles. The van der Waals surface area contributed by atoms with E-state index in [1.165, 1.54) is 0 Å². The highest BCUT2D eigenvalue weighted by Crippen LogP contribution is 2.25. The zero-order chi connectivity index (χ0) is 14.9. The van der Waals surface area contributed by atoms with Gasteiger partial charge in [0, 0.05) is 0 Å². The van der Waals surface area contributed by atoms with Gasteiger partial charge < -0.3 is 9.47 Å². The Bertz CT molecular complexity index is 737. The van der Waals surface area contributed by atoms with Crippen LogP contribution in [0.2, 0.25) is 0 Å². The predicted octanol–water partition coefficient (Wildman–Crippen LogP) is 1.96. The molecule has 0 bridgehead atoms. The molecular formula is C15H16O5S. The zero-order valence-corrected chi connectivity index (χ0v) is 12.4. The van der Waals surface area contributed by atoms with Crippen molar-refractivity contribution in [3.8, 4) is 5.75 Å². The molecule has 0 radical (unpaired) electrons. The molecule has 21 heavy (non-hydrogen) atoms. The van der Waals surface area contributed by atoms with Crippen LogP contribution >= 0.6 is 0 Å². The molecule has 1 fully saturated rings. The molecule has 112 valence electrons. The molecule has 0 spiro atoms.